The number of hydrogen-bond acceptors (Lipinski definition) is 6. The Morgan fingerprint density at radius 1 is 1.15 bits per heavy atom. The summed E-state index contributed by atoms with van der Waals surface area (Å²) in [6, 6.07) is 2.17. The van der Waals surface area contributed by atoms with E-state index < -0.39 is 0 Å². The van der Waals surface area contributed by atoms with E-state index in [-0.39, 0.29) is 0 Å². The number of rotatable bonds is 4. The van der Waals surface area contributed by atoms with Gasteiger partial charge in [0.2, 0.25) is 0 Å². The smallest absolute Gasteiger partial charge is 0.135 e. The Balaban J connectivity index is 1.21. The van der Waals surface area contributed by atoms with Gasteiger partial charge in [-0.1, -0.05) is 13.8 Å². The molecule has 2 atom stereocenters. The third-order valence-electron chi connectivity index (χ3n) is 6.15. The first-order valence-corrected chi connectivity index (χ1v) is 10.1. The van der Waals surface area contributed by atoms with Gasteiger partial charge in [-0.05, 0) is 17.8 Å². The highest BCUT2D eigenvalue weighted by Crippen LogP contribution is 2.34. The Kier molecular flexibility index (Phi) is 4.36. The van der Waals surface area contributed by atoms with E-state index >= 15 is 0 Å². The molecule has 0 saturated carbocycles. The van der Waals surface area contributed by atoms with Crippen LogP contribution in [0, 0.1) is 11.8 Å². The predicted octanol–water partition coefficient (Wildman–Crippen LogP) is 1.89. The molecule has 2 aromatic rings. The SMILES string of the molecule is CC(C)c1cc(N2CC3CN(Cc4cn5c(n4)COCC5)CC3C2)ncn1. The summed E-state index contributed by atoms with van der Waals surface area (Å²) in [6.45, 7) is 12.2. The van der Waals surface area contributed by atoms with Crippen LogP contribution in [-0.2, 0) is 24.4 Å². The summed E-state index contributed by atoms with van der Waals surface area (Å²) < 4.78 is 7.75. The number of imidazole rings is 1. The minimum absolute atomic E-state index is 0.440. The lowest BCUT2D eigenvalue weighted by atomic mass is 10.0. The molecule has 144 valence electrons. The topological polar surface area (TPSA) is 59.3 Å². The normalized spacial score (nSPS) is 25.2. The number of nitrogens with zero attached hydrogens (tertiary/aromatic N) is 6. The summed E-state index contributed by atoms with van der Waals surface area (Å²) in [5, 5.41) is 0. The van der Waals surface area contributed by atoms with Gasteiger partial charge < -0.3 is 14.2 Å². The summed E-state index contributed by atoms with van der Waals surface area (Å²) >= 11 is 0. The minimum atomic E-state index is 0.440. The molecule has 2 aromatic heterocycles. The first-order valence-electron chi connectivity index (χ1n) is 10.1. The Morgan fingerprint density at radius 3 is 2.70 bits per heavy atom. The van der Waals surface area contributed by atoms with Crippen molar-refractivity contribution in [1.82, 2.24) is 24.4 Å². The molecular weight excluding hydrogens is 340 g/mol. The summed E-state index contributed by atoms with van der Waals surface area (Å²) in [7, 11) is 0. The molecule has 27 heavy (non-hydrogen) atoms. The van der Waals surface area contributed by atoms with E-state index in [2.05, 4.69) is 50.4 Å². The second-order valence-electron chi connectivity index (χ2n) is 8.47. The second kappa shape index (κ2) is 6.87. The van der Waals surface area contributed by atoms with Gasteiger partial charge in [-0.15, -0.1) is 0 Å². The maximum atomic E-state index is 5.50. The molecule has 7 nitrogen and oxygen atoms in total. The zero-order valence-corrected chi connectivity index (χ0v) is 16.2. The summed E-state index contributed by atoms with van der Waals surface area (Å²) in [5.74, 6) is 4.06. The molecule has 0 aliphatic carbocycles. The number of aromatic nitrogens is 4. The Labute approximate surface area is 160 Å². The maximum Gasteiger partial charge on any atom is 0.135 e. The van der Waals surface area contributed by atoms with Crippen molar-refractivity contribution in [2.75, 3.05) is 37.7 Å². The average molecular weight is 368 g/mol. The van der Waals surface area contributed by atoms with Gasteiger partial charge in [-0.2, -0.15) is 0 Å². The first-order chi connectivity index (χ1) is 13.2. The summed E-state index contributed by atoms with van der Waals surface area (Å²) in [5.41, 5.74) is 2.32. The Bertz CT molecular complexity index is 781. The van der Waals surface area contributed by atoms with Crippen LogP contribution in [0.15, 0.2) is 18.6 Å². The van der Waals surface area contributed by atoms with Gasteiger partial charge in [-0.3, -0.25) is 4.90 Å². The molecule has 3 aliphatic rings. The molecule has 0 spiro atoms. The van der Waals surface area contributed by atoms with E-state index in [1.54, 1.807) is 6.33 Å². The second-order valence-corrected chi connectivity index (χ2v) is 8.47. The van der Waals surface area contributed by atoms with E-state index in [0.717, 1.165) is 75.0 Å². The molecule has 2 saturated heterocycles. The monoisotopic (exact) mass is 368 g/mol. The molecule has 0 aromatic carbocycles. The fourth-order valence-corrected chi connectivity index (χ4v) is 4.71. The summed E-state index contributed by atoms with van der Waals surface area (Å²) in [4.78, 5) is 18.7. The number of fused-ring (bicyclic) bond motifs is 2. The van der Waals surface area contributed by atoms with E-state index in [4.69, 9.17) is 9.72 Å². The molecule has 5 heterocycles. The van der Waals surface area contributed by atoms with Crippen LogP contribution in [0.2, 0.25) is 0 Å². The zero-order chi connectivity index (χ0) is 18.4. The average Bonchev–Trinajstić information content (AvgIpc) is 3.34. The molecule has 0 N–H and O–H groups in total. The van der Waals surface area contributed by atoms with Crippen molar-refractivity contribution in [3.63, 3.8) is 0 Å². The maximum absolute atomic E-state index is 5.50. The Morgan fingerprint density at radius 2 is 1.96 bits per heavy atom. The van der Waals surface area contributed by atoms with Gasteiger partial charge in [0.05, 0.1) is 12.3 Å². The molecule has 2 fully saturated rings. The van der Waals surface area contributed by atoms with Crippen LogP contribution < -0.4 is 4.90 Å². The van der Waals surface area contributed by atoms with Crippen molar-refractivity contribution in [2.45, 2.75) is 39.5 Å². The van der Waals surface area contributed by atoms with E-state index in [0.29, 0.717) is 12.5 Å². The van der Waals surface area contributed by atoms with E-state index in [1.165, 1.54) is 5.69 Å². The zero-order valence-electron chi connectivity index (χ0n) is 16.2. The van der Waals surface area contributed by atoms with E-state index in [9.17, 15) is 0 Å². The predicted molar refractivity (Wildman–Crippen MR) is 102 cm³/mol. The van der Waals surface area contributed by atoms with Crippen LogP contribution >= 0.6 is 0 Å². The fraction of sp³-hybridized carbons (Fsp3) is 0.650. The van der Waals surface area contributed by atoms with Crippen LogP contribution in [-0.4, -0.2) is 57.2 Å². The number of hydrogen-bond donors (Lipinski definition) is 0. The lowest BCUT2D eigenvalue weighted by Gasteiger charge is -2.22. The third kappa shape index (κ3) is 3.34. The molecule has 7 heteroatoms. The van der Waals surface area contributed by atoms with Crippen LogP contribution in [0.1, 0.15) is 37.0 Å². The van der Waals surface area contributed by atoms with Gasteiger partial charge in [0.25, 0.3) is 0 Å². The van der Waals surface area contributed by atoms with Gasteiger partial charge >= 0.3 is 0 Å². The Hall–Kier alpha value is -1.99. The number of anilines is 1. The van der Waals surface area contributed by atoms with Crippen molar-refractivity contribution < 1.29 is 4.74 Å². The first kappa shape index (κ1) is 17.1. The molecule has 0 amide bonds. The van der Waals surface area contributed by atoms with Crippen LogP contribution in [0.25, 0.3) is 0 Å². The van der Waals surface area contributed by atoms with Crippen LogP contribution in [0.4, 0.5) is 5.82 Å². The summed E-state index contributed by atoms with van der Waals surface area (Å²) in [6.07, 6.45) is 3.93. The lowest BCUT2D eigenvalue weighted by Crippen LogP contribution is -2.29. The number of ether oxygens (including phenoxy) is 1. The quantitative estimate of drug-likeness (QED) is 0.821. The lowest BCUT2D eigenvalue weighted by molar-refractivity contribution is 0.0816. The molecule has 0 radical (unpaired) electrons. The highest BCUT2D eigenvalue weighted by atomic mass is 16.5. The van der Waals surface area contributed by atoms with Crippen molar-refractivity contribution in [3.8, 4) is 0 Å². The highest BCUT2D eigenvalue weighted by molar-refractivity contribution is 5.41. The van der Waals surface area contributed by atoms with Crippen molar-refractivity contribution >= 4 is 5.82 Å². The molecule has 3 aliphatic heterocycles. The van der Waals surface area contributed by atoms with Crippen LogP contribution in [0.5, 0.6) is 0 Å². The van der Waals surface area contributed by atoms with Gasteiger partial charge in [0, 0.05) is 57.2 Å². The molecule has 0 bridgehead atoms. The van der Waals surface area contributed by atoms with Gasteiger partial charge in [0.1, 0.15) is 24.6 Å². The largest absolute Gasteiger partial charge is 0.372 e. The fourth-order valence-electron chi connectivity index (χ4n) is 4.71. The third-order valence-corrected chi connectivity index (χ3v) is 6.15. The molecule has 5 rings (SSSR count). The number of likely N-dealkylation sites (tertiary alicyclic amines) is 1. The van der Waals surface area contributed by atoms with Crippen molar-refractivity contribution in [2.24, 2.45) is 11.8 Å². The molecule has 2 unspecified atom stereocenters. The minimum Gasteiger partial charge on any atom is -0.372 e. The van der Waals surface area contributed by atoms with Crippen molar-refractivity contribution in [1.29, 1.82) is 0 Å². The van der Waals surface area contributed by atoms with Crippen LogP contribution in [0.3, 0.4) is 0 Å². The highest BCUT2D eigenvalue weighted by Gasteiger charge is 2.40. The van der Waals surface area contributed by atoms with Crippen molar-refractivity contribution in [3.05, 3.63) is 35.8 Å². The standard InChI is InChI=1S/C20H28N6O/c1-14(2)18-5-19(22-13-21-18)26-8-15-6-24(7-16(15)9-26)10-17-11-25-3-4-27-12-20(25)23-17/h5,11,13-16H,3-4,6-10,12H2,1-2H3. The molecular formula is C20H28N6O. The van der Waals surface area contributed by atoms with E-state index in [1.807, 2.05) is 0 Å². The van der Waals surface area contributed by atoms with Gasteiger partial charge in [0.15, 0.2) is 0 Å². The van der Waals surface area contributed by atoms with Gasteiger partial charge in [-0.25, -0.2) is 15.0 Å².